The smallest absolute Gasteiger partial charge is 0.230 e. The number of nitrogens with one attached hydrogen (secondary N) is 1. The topological polar surface area (TPSA) is 54.9 Å². The Morgan fingerprint density at radius 2 is 1.74 bits per heavy atom. The van der Waals surface area contributed by atoms with Crippen molar-refractivity contribution in [3.05, 3.63) is 88.4 Å². The summed E-state index contributed by atoms with van der Waals surface area (Å²) in [5, 5.41) is 5.65. The standard InChI is InChI=1S/C25H22ClN3OS/c1-2-7-20-23(18-8-4-3-5-9-18)29-24(21-10-6-15-31-21)25(27-20)28-22(30)16-17-11-13-19(26)14-12-17/h3-6,8-15H,2,7,16H2,1H3,(H,27,28,30). The molecule has 0 aliphatic carbocycles. The Bertz CT molecular complexity index is 1160. The van der Waals surface area contributed by atoms with E-state index in [0.29, 0.717) is 16.5 Å². The molecule has 4 aromatic rings. The van der Waals surface area contributed by atoms with Gasteiger partial charge in [-0.3, -0.25) is 4.79 Å². The minimum atomic E-state index is -0.135. The highest BCUT2D eigenvalue weighted by molar-refractivity contribution is 7.13. The van der Waals surface area contributed by atoms with Crippen LogP contribution in [0.1, 0.15) is 24.6 Å². The van der Waals surface area contributed by atoms with Gasteiger partial charge in [-0.25, -0.2) is 9.97 Å². The predicted octanol–water partition coefficient (Wildman–Crippen LogP) is 6.66. The van der Waals surface area contributed by atoms with E-state index in [9.17, 15) is 4.79 Å². The van der Waals surface area contributed by atoms with Crippen LogP contribution in [0, 0.1) is 0 Å². The molecule has 2 aromatic carbocycles. The zero-order valence-corrected chi connectivity index (χ0v) is 18.7. The molecular weight excluding hydrogens is 426 g/mol. The molecule has 6 heteroatoms. The fourth-order valence-electron chi connectivity index (χ4n) is 3.34. The number of hydrogen-bond acceptors (Lipinski definition) is 4. The maximum atomic E-state index is 12.8. The largest absolute Gasteiger partial charge is 0.309 e. The van der Waals surface area contributed by atoms with E-state index in [4.69, 9.17) is 21.6 Å². The minimum Gasteiger partial charge on any atom is -0.309 e. The summed E-state index contributed by atoms with van der Waals surface area (Å²) in [6, 6.07) is 21.3. The lowest BCUT2D eigenvalue weighted by atomic mass is 10.1. The Kier molecular flexibility index (Phi) is 6.75. The Morgan fingerprint density at radius 3 is 2.42 bits per heavy atom. The number of benzene rings is 2. The third-order valence-electron chi connectivity index (χ3n) is 4.79. The van der Waals surface area contributed by atoms with Gasteiger partial charge in [-0.05, 0) is 35.6 Å². The first-order valence-electron chi connectivity index (χ1n) is 10.2. The average Bonchev–Trinajstić information content (AvgIpc) is 3.31. The predicted molar refractivity (Wildman–Crippen MR) is 129 cm³/mol. The highest BCUT2D eigenvalue weighted by Crippen LogP contribution is 2.33. The second kappa shape index (κ2) is 9.86. The van der Waals surface area contributed by atoms with Gasteiger partial charge in [0, 0.05) is 10.6 Å². The second-order valence-corrected chi connectivity index (χ2v) is 8.54. The number of carbonyl (C=O) groups excluding carboxylic acids is 1. The maximum Gasteiger partial charge on any atom is 0.230 e. The van der Waals surface area contributed by atoms with E-state index >= 15 is 0 Å². The molecule has 2 heterocycles. The van der Waals surface area contributed by atoms with Crippen LogP contribution in [0.25, 0.3) is 21.8 Å². The van der Waals surface area contributed by atoms with E-state index in [2.05, 4.69) is 12.2 Å². The summed E-state index contributed by atoms with van der Waals surface area (Å²) in [5.74, 6) is 0.369. The zero-order chi connectivity index (χ0) is 21.6. The van der Waals surface area contributed by atoms with Crippen LogP contribution in [-0.2, 0) is 17.6 Å². The summed E-state index contributed by atoms with van der Waals surface area (Å²) >= 11 is 7.53. The molecule has 0 aliphatic heterocycles. The lowest BCUT2D eigenvalue weighted by molar-refractivity contribution is -0.115. The van der Waals surface area contributed by atoms with E-state index in [1.54, 1.807) is 23.5 Å². The van der Waals surface area contributed by atoms with Crippen molar-refractivity contribution in [2.75, 3.05) is 5.32 Å². The van der Waals surface area contributed by atoms with Gasteiger partial charge in [-0.15, -0.1) is 11.3 Å². The number of rotatable bonds is 7. The Morgan fingerprint density at radius 1 is 0.968 bits per heavy atom. The maximum absolute atomic E-state index is 12.8. The van der Waals surface area contributed by atoms with Crippen molar-refractivity contribution in [1.82, 2.24) is 9.97 Å². The first kappa shape index (κ1) is 21.2. The summed E-state index contributed by atoms with van der Waals surface area (Å²) in [6.45, 7) is 2.11. The van der Waals surface area contributed by atoms with Crippen LogP contribution < -0.4 is 5.32 Å². The lowest BCUT2D eigenvalue weighted by Gasteiger charge is -2.15. The number of carbonyl (C=O) groups is 1. The minimum absolute atomic E-state index is 0.135. The quantitative estimate of drug-likeness (QED) is 0.344. The molecule has 0 aliphatic rings. The van der Waals surface area contributed by atoms with Crippen LogP contribution in [0.2, 0.25) is 5.02 Å². The van der Waals surface area contributed by atoms with Gasteiger partial charge in [0.1, 0.15) is 5.69 Å². The van der Waals surface area contributed by atoms with Crippen molar-refractivity contribution in [2.24, 2.45) is 0 Å². The van der Waals surface area contributed by atoms with Crippen molar-refractivity contribution >= 4 is 34.7 Å². The summed E-state index contributed by atoms with van der Waals surface area (Å²) in [5.41, 5.74) is 4.35. The number of halogens is 1. The number of aromatic nitrogens is 2. The monoisotopic (exact) mass is 447 g/mol. The van der Waals surface area contributed by atoms with Crippen molar-refractivity contribution in [3.63, 3.8) is 0 Å². The normalized spacial score (nSPS) is 10.8. The number of aryl methyl sites for hydroxylation is 1. The van der Waals surface area contributed by atoms with Gasteiger partial charge in [0.05, 0.1) is 22.7 Å². The molecule has 0 saturated heterocycles. The lowest BCUT2D eigenvalue weighted by Crippen LogP contribution is -2.17. The highest BCUT2D eigenvalue weighted by Gasteiger charge is 2.18. The molecule has 0 spiro atoms. The van der Waals surface area contributed by atoms with Crippen LogP contribution in [0.15, 0.2) is 72.1 Å². The number of nitrogens with zero attached hydrogens (tertiary/aromatic N) is 2. The van der Waals surface area contributed by atoms with Crippen LogP contribution in [0.4, 0.5) is 5.82 Å². The van der Waals surface area contributed by atoms with Crippen molar-refractivity contribution in [1.29, 1.82) is 0 Å². The Hall–Kier alpha value is -3.02. The van der Waals surface area contributed by atoms with Crippen LogP contribution in [0.3, 0.4) is 0 Å². The van der Waals surface area contributed by atoms with E-state index in [-0.39, 0.29) is 12.3 Å². The summed E-state index contributed by atoms with van der Waals surface area (Å²) in [6.07, 6.45) is 1.96. The molecule has 0 radical (unpaired) electrons. The fourth-order valence-corrected chi connectivity index (χ4v) is 4.19. The van der Waals surface area contributed by atoms with Crippen LogP contribution >= 0.6 is 22.9 Å². The van der Waals surface area contributed by atoms with Gasteiger partial charge in [-0.2, -0.15) is 0 Å². The second-order valence-electron chi connectivity index (χ2n) is 7.16. The van der Waals surface area contributed by atoms with E-state index < -0.39 is 0 Å². The van der Waals surface area contributed by atoms with Crippen molar-refractivity contribution in [2.45, 2.75) is 26.2 Å². The molecule has 2 aromatic heterocycles. The van der Waals surface area contributed by atoms with Gasteiger partial charge in [0.15, 0.2) is 5.82 Å². The zero-order valence-electron chi connectivity index (χ0n) is 17.1. The third-order valence-corrected chi connectivity index (χ3v) is 5.92. The summed E-state index contributed by atoms with van der Waals surface area (Å²) in [4.78, 5) is 23.6. The molecule has 0 bridgehead atoms. The molecule has 1 amide bonds. The van der Waals surface area contributed by atoms with Crippen molar-refractivity contribution < 1.29 is 4.79 Å². The number of amides is 1. The Labute approximate surface area is 191 Å². The van der Waals surface area contributed by atoms with E-state index in [1.165, 1.54) is 0 Å². The average molecular weight is 448 g/mol. The molecular formula is C25H22ClN3OS. The molecule has 31 heavy (non-hydrogen) atoms. The van der Waals surface area contributed by atoms with E-state index in [0.717, 1.165) is 40.2 Å². The number of anilines is 1. The number of thiophene rings is 1. The highest BCUT2D eigenvalue weighted by atomic mass is 35.5. The molecule has 1 N–H and O–H groups in total. The van der Waals surface area contributed by atoms with E-state index in [1.807, 2.05) is 60.0 Å². The van der Waals surface area contributed by atoms with Gasteiger partial charge in [0.2, 0.25) is 5.91 Å². The number of hydrogen-bond donors (Lipinski definition) is 1. The summed E-state index contributed by atoms with van der Waals surface area (Å²) < 4.78 is 0. The van der Waals surface area contributed by atoms with Gasteiger partial charge < -0.3 is 5.32 Å². The van der Waals surface area contributed by atoms with Crippen LogP contribution in [0.5, 0.6) is 0 Å². The first-order valence-corrected chi connectivity index (χ1v) is 11.4. The van der Waals surface area contributed by atoms with Crippen LogP contribution in [-0.4, -0.2) is 15.9 Å². The summed E-state index contributed by atoms with van der Waals surface area (Å²) in [7, 11) is 0. The molecule has 0 saturated carbocycles. The fraction of sp³-hybridized carbons (Fsp3) is 0.160. The van der Waals surface area contributed by atoms with Gasteiger partial charge >= 0.3 is 0 Å². The molecule has 0 atom stereocenters. The molecule has 0 unspecified atom stereocenters. The first-order chi connectivity index (χ1) is 15.1. The molecule has 4 rings (SSSR count). The van der Waals surface area contributed by atoms with Gasteiger partial charge in [-0.1, -0.05) is 73.5 Å². The van der Waals surface area contributed by atoms with Gasteiger partial charge in [0.25, 0.3) is 0 Å². The SMILES string of the molecule is CCCc1nc(NC(=O)Cc2ccc(Cl)cc2)c(-c2cccs2)nc1-c1ccccc1. The molecule has 4 nitrogen and oxygen atoms in total. The molecule has 156 valence electrons. The third kappa shape index (κ3) is 5.19. The van der Waals surface area contributed by atoms with Crippen molar-refractivity contribution in [3.8, 4) is 21.8 Å². The molecule has 0 fully saturated rings. The Balaban J connectivity index is 1.72.